The summed E-state index contributed by atoms with van der Waals surface area (Å²) in [6.07, 6.45) is -3.46. The van der Waals surface area contributed by atoms with Crippen molar-refractivity contribution in [1.82, 2.24) is 4.90 Å². The van der Waals surface area contributed by atoms with Crippen LogP contribution in [0, 0.1) is 5.82 Å². The van der Waals surface area contributed by atoms with E-state index in [4.69, 9.17) is 10.5 Å². The van der Waals surface area contributed by atoms with Gasteiger partial charge in [0, 0.05) is 18.3 Å². The predicted molar refractivity (Wildman–Crippen MR) is 97.0 cm³/mol. The molecule has 3 rings (SSSR count). The summed E-state index contributed by atoms with van der Waals surface area (Å²) in [6, 6.07) is 2.01. The van der Waals surface area contributed by atoms with Crippen LogP contribution >= 0.6 is 0 Å². The lowest BCUT2D eigenvalue weighted by molar-refractivity contribution is -0.154. The maximum absolute atomic E-state index is 14.5. The summed E-state index contributed by atoms with van der Waals surface area (Å²) in [5.41, 5.74) is 7.61. The highest BCUT2D eigenvalue weighted by atomic mass is 19.4. The third-order valence-corrected chi connectivity index (χ3v) is 4.78. The van der Waals surface area contributed by atoms with Gasteiger partial charge in [0.1, 0.15) is 12.4 Å². The van der Waals surface area contributed by atoms with Crippen molar-refractivity contribution < 1.29 is 31.9 Å². The lowest BCUT2D eigenvalue weighted by Gasteiger charge is -2.33. The summed E-state index contributed by atoms with van der Waals surface area (Å²) in [5, 5.41) is 2.28. The van der Waals surface area contributed by atoms with Gasteiger partial charge in [-0.15, -0.1) is 6.54 Å². The van der Waals surface area contributed by atoms with Gasteiger partial charge in [-0.1, -0.05) is 0 Å². The maximum Gasteiger partial charge on any atom is 0.401 e. The van der Waals surface area contributed by atoms with Gasteiger partial charge < -0.3 is 20.7 Å². The smallest absolute Gasteiger partial charge is 0.401 e. The Morgan fingerprint density at radius 1 is 1.38 bits per heavy atom. The van der Waals surface area contributed by atoms with Crippen molar-refractivity contribution in [1.29, 1.82) is 0 Å². The summed E-state index contributed by atoms with van der Waals surface area (Å²) in [4.78, 5) is 26.7. The molecule has 2 fully saturated rings. The second-order valence-electron chi connectivity index (χ2n) is 6.99. The first-order valence-electron chi connectivity index (χ1n) is 9.15. The number of amides is 2. The summed E-state index contributed by atoms with van der Waals surface area (Å²) >= 11 is 0. The van der Waals surface area contributed by atoms with E-state index in [0.717, 1.165) is 11.0 Å². The minimum Gasteiger partial charge on any atom is -0.676 e. The first kappa shape index (κ1) is 21.5. The molecule has 160 valence electrons. The third-order valence-electron chi connectivity index (χ3n) is 4.78. The molecule has 0 aromatic heterocycles. The van der Waals surface area contributed by atoms with E-state index in [-0.39, 0.29) is 24.7 Å². The van der Waals surface area contributed by atoms with E-state index < -0.39 is 43.1 Å². The molecule has 2 amide bonds. The number of hydrogen-bond donors (Lipinski definition) is 1. The van der Waals surface area contributed by atoms with Gasteiger partial charge in [0.05, 0.1) is 24.9 Å². The van der Waals surface area contributed by atoms with Crippen LogP contribution in [0.25, 0.3) is 5.73 Å². The van der Waals surface area contributed by atoms with Crippen molar-refractivity contribution in [2.24, 2.45) is 0 Å². The number of carbonyl (C=O) groups is 2. The first-order chi connectivity index (χ1) is 13.7. The number of hydrogen-bond acceptors (Lipinski definition) is 4. The number of alkyl halides is 3. The van der Waals surface area contributed by atoms with Crippen molar-refractivity contribution in [3.63, 3.8) is 0 Å². The molecule has 2 aliphatic rings. The molecule has 1 saturated carbocycles. The van der Waals surface area contributed by atoms with Crippen LogP contribution in [0.4, 0.5) is 28.9 Å². The highest BCUT2D eigenvalue weighted by Gasteiger charge is 2.42. The highest BCUT2D eigenvalue weighted by Crippen LogP contribution is 2.32. The molecular formula is C18H21F4N4O3-. The summed E-state index contributed by atoms with van der Waals surface area (Å²) in [7, 11) is 0. The molecular weight excluding hydrogens is 396 g/mol. The average molecular weight is 417 g/mol. The Balaban J connectivity index is 1.72. The fourth-order valence-electron chi connectivity index (χ4n) is 3.25. The molecule has 2 N–H and O–H groups in total. The van der Waals surface area contributed by atoms with Crippen molar-refractivity contribution in [3.05, 3.63) is 29.7 Å². The number of carbonyl (C=O) groups excluding carboxylic acids is 2. The summed E-state index contributed by atoms with van der Waals surface area (Å²) in [6.45, 7) is -1.41. The normalized spacial score (nSPS) is 18.8. The van der Waals surface area contributed by atoms with Gasteiger partial charge in [0.2, 0.25) is 5.91 Å². The van der Waals surface area contributed by atoms with E-state index in [9.17, 15) is 27.2 Å². The quantitative estimate of drug-likeness (QED) is 0.691. The van der Waals surface area contributed by atoms with Gasteiger partial charge in [-0.3, -0.25) is 14.5 Å². The Morgan fingerprint density at radius 3 is 2.66 bits per heavy atom. The zero-order chi connectivity index (χ0) is 21.2. The number of morpholine rings is 1. The largest absolute Gasteiger partial charge is 0.676 e. The van der Waals surface area contributed by atoms with Gasteiger partial charge in [-0.05, 0) is 31.0 Å². The van der Waals surface area contributed by atoms with Gasteiger partial charge in [0.25, 0.3) is 5.91 Å². The van der Waals surface area contributed by atoms with Crippen molar-refractivity contribution >= 4 is 23.2 Å². The third kappa shape index (κ3) is 5.43. The maximum atomic E-state index is 14.5. The predicted octanol–water partition coefficient (Wildman–Crippen LogP) is 2.57. The summed E-state index contributed by atoms with van der Waals surface area (Å²) < 4.78 is 58.1. The zero-order valence-corrected chi connectivity index (χ0v) is 15.5. The molecule has 1 aliphatic carbocycles. The molecule has 1 heterocycles. The van der Waals surface area contributed by atoms with Crippen LogP contribution in [-0.2, 0) is 14.3 Å². The Labute approximate surface area is 164 Å². The Hall–Kier alpha value is -2.24. The first-order valence-corrected chi connectivity index (χ1v) is 9.15. The topological polar surface area (TPSA) is 85.7 Å². The van der Waals surface area contributed by atoms with E-state index in [1.54, 1.807) is 0 Å². The summed E-state index contributed by atoms with van der Waals surface area (Å²) in [5.74, 6) is -2.02. The number of rotatable bonds is 7. The molecule has 1 aliphatic heterocycles. The van der Waals surface area contributed by atoms with Crippen LogP contribution in [-0.4, -0.2) is 67.8 Å². The van der Waals surface area contributed by atoms with Crippen molar-refractivity contribution in [2.45, 2.75) is 31.1 Å². The highest BCUT2D eigenvalue weighted by molar-refractivity contribution is 5.97. The monoisotopic (exact) mass is 417 g/mol. The number of nitrogens with zero attached hydrogens (tertiary/aromatic N) is 2. The number of benzene rings is 1. The minimum absolute atomic E-state index is 0.110. The molecule has 0 unspecified atom stereocenters. The minimum atomic E-state index is -4.51. The van der Waals surface area contributed by atoms with Crippen LogP contribution < -0.4 is 10.2 Å². The molecule has 1 aromatic rings. The van der Waals surface area contributed by atoms with E-state index >= 15 is 0 Å². The van der Waals surface area contributed by atoms with E-state index in [0.29, 0.717) is 25.1 Å². The second kappa shape index (κ2) is 8.64. The number of anilines is 2. The standard InChI is InChI=1S/C18H21F4N4O3/c19-13-7-12(25-5-6-29-9-16(25)27)3-4-14(13)24-17(28)15(8-23)26(11-1-2-11)10-18(20,21)22/h3-4,7,11,15,23H,1-2,5-6,8-10H2,(H,24,28)/q-1/t15-/m0/s1. The van der Waals surface area contributed by atoms with Gasteiger partial charge in [-0.2, -0.15) is 13.2 Å². The Morgan fingerprint density at radius 2 is 2.10 bits per heavy atom. The second-order valence-corrected chi connectivity index (χ2v) is 6.99. The SMILES string of the molecule is [NH-]C[C@@H](C(=O)Nc1ccc(N2CCOCC2=O)cc1F)N(CC(F)(F)F)C1CC1. The lowest BCUT2D eigenvalue weighted by Crippen LogP contribution is -2.50. The van der Waals surface area contributed by atoms with Crippen LogP contribution in [0.1, 0.15) is 12.8 Å². The molecule has 11 heteroatoms. The number of halogens is 4. The number of ether oxygens (including phenoxy) is 1. The number of nitrogens with one attached hydrogen (secondary N) is 2. The van der Waals surface area contributed by atoms with Gasteiger partial charge >= 0.3 is 6.18 Å². The van der Waals surface area contributed by atoms with Crippen LogP contribution in [0.15, 0.2) is 18.2 Å². The zero-order valence-electron chi connectivity index (χ0n) is 15.5. The molecule has 0 radical (unpaired) electrons. The lowest BCUT2D eigenvalue weighted by atomic mass is 10.2. The Kier molecular flexibility index (Phi) is 6.39. The van der Waals surface area contributed by atoms with Crippen LogP contribution in [0.3, 0.4) is 0 Å². The van der Waals surface area contributed by atoms with Crippen molar-refractivity contribution in [2.75, 3.05) is 43.1 Å². The average Bonchev–Trinajstić information content (AvgIpc) is 3.48. The molecule has 1 saturated heterocycles. The molecule has 1 atom stereocenters. The molecule has 1 aromatic carbocycles. The van der Waals surface area contributed by atoms with E-state index in [1.807, 2.05) is 0 Å². The molecule has 29 heavy (non-hydrogen) atoms. The van der Waals surface area contributed by atoms with E-state index in [1.165, 1.54) is 17.0 Å². The van der Waals surface area contributed by atoms with Gasteiger partial charge in [0.15, 0.2) is 0 Å². The van der Waals surface area contributed by atoms with E-state index in [2.05, 4.69) is 5.32 Å². The Bertz CT molecular complexity index is 770. The van der Waals surface area contributed by atoms with Gasteiger partial charge in [-0.25, -0.2) is 4.39 Å². The van der Waals surface area contributed by atoms with Crippen LogP contribution in [0.5, 0.6) is 0 Å². The fourth-order valence-corrected chi connectivity index (χ4v) is 3.25. The fraction of sp³-hybridized carbons (Fsp3) is 0.556. The molecule has 0 bridgehead atoms. The molecule has 0 spiro atoms. The van der Waals surface area contributed by atoms with Crippen LogP contribution in [0.2, 0.25) is 0 Å². The van der Waals surface area contributed by atoms with Crippen molar-refractivity contribution in [3.8, 4) is 0 Å². The molecule has 7 nitrogen and oxygen atoms in total.